The summed E-state index contributed by atoms with van der Waals surface area (Å²) < 4.78 is 0. The van der Waals surface area contributed by atoms with Crippen molar-refractivity contribution in [1.82, 2.24) is 10.2 Å². The number of nitrogens with one attached hydrogen (secondary N) is 1. The highest BCUT2D eigenvalue weighted by Gasteiger charge is 2.22. The highest BCUT2D eigenvalue weighted by molar-refractivity contribution is 4.77. The Balaban J connectivity index is 1.86. The molecule has 1 fully saturated rings. The molecule has 96 valence electrons. The van der Waals surface area contributed by atoms with Crippen LogP contribution in [0.1, 0.15) is 52.9 Å². The summed E-state index contributed by atoms with van der Waals surface area (Å²) in [6, 6.07) is 1.41. The van der Waals surface area contributed by atoms with Crippen molar-refractivity contribution in [2.75, 3.05) is 20.1 Å². The fourth-order valence-corrected chi connectivity index (χ4v) is 2.03. The molecule has 1 unspecified atom stereocenters. The molecule has 1 N–H and O–H groups in total. The highest BCUT2D eigenvalue weighted by Crippen LogP contribution is 2.33. The van der Waals surface area contributed by atoms with Gasteiger partial charge in [-0.1, -0.05) is 12.8 Å². The summed E-state index contributed by atoms with van der Waals surface area (Å²) in [6.07, 6.45) is 6.98. The van der Waals surface area contributed by atoms with Gasteiger partial charge in [0.2, 0.25) is 0 Å². The Morgan fingerprint density at radius 3 is 2.44 bits per heavy atom. The van der Waals surface area contributed by atoms with Crippen LogP contribution in [0.4, 0.5) is 0 Å². The van der Waals surface area contributed by atoms with Gasteiger partial charge in [0.1, 0.15) is 0 Å². The number of hydrogen-bond acceptors (Lipinski definition) is 2. The molecule has 0 amide bonds. The first-order valence-corrected chi connectivity index (χ1v) is 7.03. The lowest BCUT2D eigenvalue weighted by Crippen LogP contribution is -2.30. The third-order valence-corrected chi connectivity index (χ3v) is 3.70. The molecule has 1 aliphatic rings. The third-order valence-electron chi connectivity index (χ3n) is 3.70. The minimum Gasteiger partial charge on any atom is -0.314 e. The van der Waals surface area contributed by atoms with Crippen LogP contribution < -0.4 is 5.32 Å². The van der Waals surface area contributed by atoms with Crippen LogP contribution in [0.25, 0.3) is 0 Å². The van der Waals surface area contributed by atoms with Crippen LogP contribution >= 0.6 is 0 Å². The molecule has 0 bridgehead atoms. The van der Waals surface area contributed by atoms with E-state index in [1.165, 1.54) is 45.2 Å². The molecule has 1 saturated carbocycles. The lowest BCUT2D eigenvalue weighted by atomic mass is 10.1. The van der Waals surface area contributed by atoms with E-state index < -0.39 is 0 Å². The molecule has 0 saturated heterocycles. The van der Waals surface area contributed by atoms with Gasteiger partial charge in [0.25, 0.3) is 0 Å². The number of hydrogen-bond donors (Lipinski definition) is 1. The van der Waals surface area contributed by atoms with E-state index in [-0.39, 0.29) is 0 Å². The molecule has 0 aliphatic heterocycles. The van der Waals surface area contributed by atoms with Gasteiger partial charge >= 0.3 is 0 Å². The average molecular weight is 226 g/mol. The smallest absolute Gasteiger partial charge is 0.00413 e. The van der Waals surface area contributed by atoms with Crippen molar-refractivity contribution in [3.63, 3.8) is 0 Å². The Labute approximate surface area is 102 Å². The van der Waals surface area contributed by atoms with E-state index in [4.69, 9.17) is 0 Å². The first-order valence-electron chi connectivity index (χ1n) is 7.03. The van der Waals surface area contributed by atoms with Crippen LogP contribution in [0, 0.1) is 5.92 Å². The SMILES string of the molecule is CC(CC1CC1)NCCCCN(C)C(C)C. The van der Waals surface area contributed by atoms with Gasteiger partial charge in [-0.15, -0.1) is 0 Å². The molecule has 1 atom stereocenters. The molecule has 2 nitrogen and oxygen atoms in total. The maximum absolute atomic E-state index is 3.64. The average Bonchev–Trinajstić information content (AvgIpc) is 3.00. The van der Waals surface area contributed by atoms with Gasteiger partial charge in [-0.2, -0.15) is 0 Å². The van der Waals surface area contributed by atoms with Gasteiger partial charge in [0.05, 0.1) is 0 Å². The monoisotopic (exact) mass is 226 g/mol. The molecule has 0 radical (unpaired) electrons. The topological polar surface area (TPSA) is 15.3 Å². The van der Waals surface area contributed by atoms with Gasteiger partial charge in [-0.3, -0.25) is 0 Å². The number of nitrogens with zero attached hydrogens (tertiary/aromatic N) is 1. The van der Waals surface area contributed by atoms with Crippen molar-refractivity contribution in [2.45, 2.75) is 65.0 Å². The highest BCUT2D eigenvalue weighted by atomic mass is 15.1. The molecule has 0 aromatic heterocycles. The Kier molecular flexibility index (Phi) is 6.37. The van der Waals surface area contributed by atoms with Crippen molar-refractivity contribution in [3.8, 4) is 0 Å². The number of unbranched alkanes of at least 4 members (excludes halogenated alkanes) is 1. The summed E-state index contributed by atoms with van der Waals surface area (Å²) in [6.45, 7) is 9.28. The second kappa shape index (κ2) is 7.29. The fraction of sp³-hybridized carbons (Fsp3) is 1.00. The summed E-state index contributed by atoms with van der Waals surface area (Å²) in [7, 11) is 2.22. The Morgan fingerprint density at radius 1 is 1.19 bits per heavy atom. The van der Waals surface area contributed by atoms with Crippen LogP contribution in [0.5, 0.6) is 0 Å². The minimum atomic E-state index is 0.682. The Morgan fingerprint density at radius 2 is 1.88 bits per heavy atom. The van der Waals surface area contributed by atoms with Crippen molar-refractivity contribution < 1.29 is 0 Å². The van der Waals surface area contributed by atoms with Crippen LogP contribution in [-0.4, -0.2) is 37.1 Å². The molecule has 0 heterocycles. The first kappa shape index (κ1) is 14.0. The molecule has 2 heteroatoms. The summed E-state index contributed by atoms with van der Waals surface area (Å²) in [5, 5.41) is 3.64. The predicted molar refractivity (Wildman–Crippen MR) is 71.8 cm³/mol. The van der Waals surface area contributed by atoms with Crippen LogP contribution in [0.15, 0.2) is 0 Å². The van der Waals surface area contributed by atoms with Gasteiger partial charge in [0.15, 0.2) is 0 Å². The van der Waals surface area contributed by atoms with E-state index in [0.717, 1.165) is 12.0 Å². The van der Waals surface area contributed by atoms with Crippen LogP contribution in [0.2, 0.25) is 0 Å². The molecule has 16 heavy (non-hydrogen) atoms. The zero-order valence-corrected chi connectivity index (χ0v) is 11.6. The largest absolute Gasteiger partial charge is 0.314 e. The van der Waals surface area contributed by atoms with Crippen molar-refractivity contribution >= 4 is 0 Å². The second-order valence-corrected chi connectivity index (χ2v) is 5.82. The van der Waals surface area contributed by atoms with Gasteiger partial charge < -0.3 is 10.2 Å². The van der Waals surface area contributed by atoms with E-state index in [0.29, 0.717) is 6.04 Å². The van der Waals surface area contributed by atoms with Crippen molar-refractivity contribution in [3.05, 3.63) is 0 Å². The lowest BCUT2D eigenvalue weighted by Gasteiger charge is -2.21. The van der Waals surface area contributed by atoms with E-state index in [1.807, 2.05) is 0 Å². The zero-order chi connectivity index (χ0) is 12.0. The molecule has 1 aliphatic carbocycles. The number of rotatable bonds is 9. The summed E-state index contributed by atoms with van der Waals surface area (Å²) >= 11 is 0. The third kappa shape index (κ3) is 6.49. The summed E-state index contributed by atoms with van der Waals surface area (Å²) in [5.74, 6) is 1.05. The van der Waals surface area contributed by atoms with Gasteiger partial charge in [-0.25, -0.2) is 0 Å². The normalized spacial score (nSPS) is 18.4. The lowest BCUT2D eigenvalue weighted by molar-refractivity contribution is 0.267. The van der Waals surface area contributed by atoms with Crippen LogP contribution in [0.3, 0.4) is 0 Å². The molecular formula is C14H30N2. The maximum atomic E-state index is 3.64. The van der Waals surface area contributed by atoms with Crippen molar-refractivity contribution in [1.29, 1.82) is 0 Å². The maximum Gasteiger partial charge on any atom is 0.00413 e. The Bertz CT molecular complexity index is 176. The Hall–Kier alpha value is -0.0800. The van der Waals surface area contributed by atoms with Crippen molar-refractivity contribution in [2.24, 2.45) is 5.92 Å². The van der Waals surface area contributed by atoms with Gasteiger partial charge in [0, 0.05) is 12.1 Å². The van der Waals surface area contributed by atoms with Crippen LogP contribution in [-0.2, 0) is 0 Å². The van der Waals surface area contributed by atoms with E-state index in [1.54, 1.807) is 0 Å². The standard InChI is InChI=1S/C14H30N2/c1-12(2)16(4)10-6-5-9-15-13(3)11-14-7-8-14/h12-15H,5-11H2,1-4H3. The fourth-order valence-electron chi connectivity index (χ4n) is 2.03. The molecule has 0 aromatic rings. The molecule has 0 aromatic carbocycles. The first-order chi connectivity index (χ1) is 7.59. The zero-order valence-electron chi connectivity index (χ0n) is 11.6. The van der Waals surface area contributed by atoms with E-state index in [9.17, 15) is 0 Å². The minimum absolute atomic E-state index is 0.682. The molecule has 0 spiro atoms. The van der Waals surface area contributed by atoms with E-state index >= 15 is 0 Å². The summed E-state index contributed by atoms with van der Waals surface area (Å²) in [5.41, 5.74) is 0. The predicted octanol–water partition coefficient (Wildman–Crippen LogP) is 2.89. The molecule has 1 rings (SSSR count). The second-order valence-electron chi connectivity index (χ2n) is 5.82. The molecular weight excluding hydrogens is 196 g/mol. The van der Waals surface area contributed by atoms with Gasteiger partial charge in [-0.05, 0) is 66.1 Å². The summed E-state index contributed by atoms with van der Waals surface area (Å²) in [4.78, 5) is 2.42. The van der Waals surface area contributed by atoms with E-state index in [2.05, 4.69) is 38.0 Å². The quantitative estimate of drug-likeness (QED) is 0.608.